The average Bonchev–Trinajstić information content (AvgIpc) is 2.20. The highest BCUT2D eigenvalue weighted by Crippen LogP contribution is 1.83. The number of carbonyl (C=O) groups is 3. The van der Waals surface area contributed by atoms with Gasteiger partial charge in [0.1, 0.15) is 6.61 Å². The molecule has 0 rings (SSSR count). The van der Waals surface area contributed by atoms with Crippen molar-refractivity contribution in [3.63, 3.8) is 0 Å². The lowest BCUT2D eigenvalue weighted by Gasteiger charge is -2.01. The van der Waals surface area contributed by atoms with E-state index in [0.717, 1.165) is 12.2 Å². The van der Waals surface area contributed by atoms with Crippen molar-refractivity contribution in [2.75, 3.05) is 20.3 Å². The molecule has 0 unspecified atom stereocenters. The fourth-order valence-electron chi connectivity index (χ4n) is 0.631. The first-order valence-corrected chi connectivity index (χ1v) is 4.23. The van der Waals surface area contributed by atoms with Crippen LogP contribution < -0.4 is 5.32 Å². The highest BCUT2D eigenvalue weighted by Gasteiger charge is 1.99. The summed E-state index contributed by atoms with van der Waals surface area (Å²) in [5.74, 6) is -1.49. The maximum atomic E-state index is 10.9. The van der Waals surface area contributed by atoms with Crippen molar-refractivity contribution in [3.8, 4) is 0 Å². The minimum atomic E-state index is -0.661. The maximum Gasteiger partial charge on any atom is 0.331 e. The van der Waals surface area contributed by atoms with Crippen LogP contribution in [0, 0.1) is 0 Å². The SMILES string of the molecule is COC(=O)C=CC(=O)OCCNC(C)=O. The number of hydrogen-bond acceptors (Lipinski definition) is 5. The van der Waals surface area contributed by atoms with E-state index in [2.05, 4.69) is 14.8 Å². The summed E-state index contributed by atoms with van der Waals surface area (Å²) < 4.78 is 8.91. The summed E-state index contributed by atoms with van der Waals surface area (Å²) in [4.78, 5) is 31.9. The summed E-state index contributed by atoms with van der Waals surface area (Å²) in [6.07, 6.45) is 1.92. The van der Waals surface area contributed by atoms with Gasteiger partial charge in [-0.05, 0) is 0 Å². The van der Waals surface area contributed by atoms with Crippen molar-refractivity contribution in [3.05, 3.63) is 12.2 Å². The summed E-state index contributed by atoms with van der Waals surface area (Å²) in [7, 11) is 1.20. The molecule has 6 nitrogen and oxygen atoms in total. The van der Waals surface area contributed by atoms with E-state index in [0.29, 0.717) is 0 Å². The largest absolute Gasteiger partial charge is 0.466 e. The van der Waals surface area contributed by atoms with E-state index in [9.17, 15) is 14.4 Å². The van der Waals surface area contributed by atoms with Gasteiger partial charge in [0.15, 0.2) is 0 Å². The highest BCUT2D eigenvalue weighted by atomic mass is 16.5. The topological polar surface area (TPSA) is 81.7 Å². The van der Waals surface area contributed by atoms with Crippen LogP contribution >= 0.6 is 0 Å². The van der Waals surface area contributed by atoms with Crippen LogP contribution in [0.1, 0.15) is 6.92 Å². The lowest BCUT2D eigenvalue weighted by Crippen LogP contribution is -2.25. The first-order chi connectivity index (χ1) is 7.06. The lowest BCUT2D eigenvalue weighted by atomic mass is 10.5. The van der Waals surface area contributed by atoms with Gasteiger partial charge in [0.05, 0.1) is 13.7 Å². The Hall–Kier alpha value is -1.85. The van der Waals surface area contributed by atoms with Gasteiger partial charge in [0.25, 0.3) is 0 Å². The molecule has 84 valence electrons. The van der Waals surface area contributed by atoms with E-state index < -0.39 is 11.9 Å². The quantitative estimate of drug-likeness (QED) is 0.376. The van der Waals surface area contributed by atoms with Crippen LogP contribution in [0.15, 0.2) is 12.2 Å². The molecule has 0 fully saturated rings. The monoisotopic (exact) mass is 215 g/mol. The van der Waals surface area contributed by atoms with Crippen molar-refractivity contribution in [1.29, 1.82) is 0 Å². The van der Waals surface area contributed by atoms with Gasteiger partial charge < -0.3 is 14.8 Å². The highest BCUT2D eigenvalue weighted by molar-refractivity contribution is 5.91. The number of hydrogen-bond donors (Lipinski definition) is 1. The minimum absolute atomic E-state index is 0.0595. The van der Waals surface area contributed by atoms with E-state index in [1.807, 2.05) is 0 Å². The Kier molecular flexibility index (Phi) is 6.61. The summed E-state index contributed by atoms with van der Waals surface area (Å²) in [6, 6.07) is 0. The summed E-state index contributed by atoms with van der Waals surface area (Å²) >= 11 is 0. The molecule has 0 radical (unpaired) electrons. The minimum Gasteiger partial charge on any atom is -0.466 e. The molecule has 0 aromatic carbocycles. The first kappa shape index (κ1) is 13.2. The van der Waals surface area contributed by atoms with Crippen LogP contribution in [0.25, 0.3) is 0 Å². The average molecular weight is 215 g/mol. The van der Waals surface area contributed by atoms with Gasteiger partial charge >= 0.3 is 11.9 Å². The second kappa shape index (κ2) is 7.54. The molecule has 0 saturated carbocycles. The number of methoxy groups -OCH3 is 1. The van der Waals surface area contributed by atoms with Crippen LogP contribution in [0.2, 0.25) is 0 Å². The third-order valence-electron chi connectivity index (χ3n) is 1.28. The number of rotatable bonds is 5. The Balaban J connectivity index is 3.62. The van der Waals surface area contributed by atoms with E-state index in [1.165, 1.54) is 14.0 Å². The van der Waals surface area contributed by atoms with Crippen LogP contribution in [-0.2, 0) is 23.9 Å². The summed E-state index contributed by atoms with van der Waals surface area (Å²) in [5, 5.41) is 2.45. The van der Waals surface area contributed by atoms with Gasteiger partial charge in [-0.3, -0.25) is 4.79 Å². The maximum absolute atomic E-state index is 10.9. The molecular formula is C9H13NO5. The van der Waals surface area contributed by atoms with Crippen molar-refractivity contribution >= 4 is 17.8 Å². The Labute approximate surface area is 87.2 Å². The van der Waals surface area contributed by atoms with Gasteiger partial charge in [0.2, 0.25) is 5.91 Å². The van der Waals surface area contributed by atoms with Crippen LogP contribution in [-0.4, -0.2) is 38.1 Å². The number of carbonyl (C=O) groups excluding carboxylic acids is 3. The van der Waals surface area contributed by atoms with Gasteiger partial charge in [0, 0.05) is 19.1 Å². The summed E-state index contributed by atoms with van der Waals surface area (Å²) in [6.45, 7) is 1.66. The van der Waals surface area contributed by atoms with Gasteiger partial charge in [-0.15, -0.1) is 0 Å². The number of ether oxygens (including phenoxy) is 2. The zero-order valence-corrected chi connectivity index (χ0v) is 8.61. The van der Waals surface area contributed by atoms with Crippen LogP contribution in [0.4, 0.5) is 0 Å². The molecule has 0 aromatic heterocycles. The van der Waals surface area contributed by atoms with Gasteiger partial charge in [-0.25, -0.2) is 9.59 Å². The van der Waals surface area contributed by atoms with E-state index in [4.69, 9.17) is 0 Å². The van der Waals surface area contributed by atoms with Crippen molar-refractivity contribution in [1.82, 2.24) is 5.32 Å². The fourth-order valence-corrected chi connectivity index (χ4v) is 0.631. The first-order valence-electron chi connectivity index (χ1n) is 4.23. The number of nitrogens with one attached hydrogen (secondary N) is 1. The molecule has 0 aliphatic heterocycles. The van der Waals surface area contributed by atoms with E-state index in [-0.39, 0.29) is 19.1 Å². The van der Waals surface area contributed by atoms with Gasteiger partial charge in [-0.2, -0.15) is 0 Å². The second-order valence-corrected chi connectivity index (χ2v) is 2.51. The van der Waals surface area contributed by atoms with Crippen LogP contribution in [0.5, 0.6) is 0 Å². The molecule has 6 heteroatoms. The standard InChI is InChI=1S/C9H13NO5/c1-7(11)10-5-6-15-9(13)4-3-8(12)14-2/h3-4H,5-6H2,1-2H3,(H,10,11). The predicted molar refractivity (Wildman–Crippen MR) is 50.8 cm³/mol. The molecule has 0 aliphatic carbocycles. The Morgan fingerprint density at radius 1 is 1.20 bits per heavy atom. The zero-order chi connectivity index (χ0) is 11.7. The molecule has 0 atom stereocenters. The fraction of sp³-hybridized carbons (Fsp3) is 0.444. The molecule has 0 bridgehead atoms. The molecule has 0 heterocycles. The third-order valence-corrected chi connectivity index (χ3v) is 1.28. The van der Waals surface area contributed by atoms with Crippen molar-refractivity contribution < 1.29 is 23.9 Å². The molecule has 1 amide bonds. The van der Waals surface area contributed by atoms with E-state index in [1.54, 1.807) is 0 Å². The Morgan fingerprint density at radius 3 is 2.33 bits per heavy atom. The molecule has 0 aromatic rings. The summed E-state index contributed by atoms with van der Waals surface area (Å²) in [5.41, 5.74) is 0. The molecule has 1 N–H and O–H groups in total. The third kappa shape index (κ3) is 8.48. The number of esters is 2. The molecule has 0 aliphatic rings. The van der Waals surface area contributed by atoms with Gasteiger partial charge in [-0.1, -0.05) is 0 Å². The Morgan fingerprint density at radius 2 is 1.80 bits per heavy atom. The smallest absolute Gasteiger partial charge is 0.331 e. The molecule has 15 heavy (non-hydrogen) atoms. The van der Waals surface area contributed by atoms with E-state index >= 15 is 0 Å². The Bertz CT molecular complexity index is 272. The normalized spacial score (nSPS) is 9.73. The molecular weight excluding hydrogens is 202 g/mol. The van der Waals surface area contributed by atoms with Crippen molar-refractivity contribution in [2.24, 2.45) is 0 Å². The molecule has 0 saturated heterocycles. The molecule has 0 spiro atoms. The lowest BCUT2D eigenvalue weighted by molar-refractivity contribution is -0.139. The second-order valence-electron chi connectivity index (χ2n) is 2.51. The zero-order valence-electron chi connectivity index (χ0n) is 8.61. The number of amides is 1. The van der Waals surface area contributed by atoms with Crippen molar-refractivity contribution in [2.45, 2.75) is 6.92 Å². The predicted octanol–water partition coefficient (Wildman–Crippen LogP) is -0.605. The van der Waals surface area contributed by atoms with Crippen LogP contribution in [0.3, 0.4) is 0 Å².